The molecule has 1 saturated carbocycles. The topological polar surface area (TPSA) is 67.7 Å². The Morgan fingerprint density at radius 1 is 1.14 bits per heavy atom. The molecule has 1 aliphatic heterocycles. The first-order chi connectivity index (χ1) is 13.6. The minimum atomic E-state index is -0.476. The van der Waals surface area contributed by atoms with E-state index in [2.05, 4.69) is 23.7 Å². The van der Waals surface area contributed by atoms with Gasteiger partial charge in [-0.05, 0) is 55.7 Å². The van der Waals surface area contributed by atoms with Crippen molar-refractivity contribution in [2.45, 2.75) is 45.3 Å². The number of anilines is 1. The number of aliphatic hydroxyl groups excluding tert-OH is 1. The molecular weight excluding hydrogens is 354 g/mol. The zero-order valence-electron chi connectivity index (χ0n) is 16.8. The highest BCUT2D eigenvalue weighted by Gasteiger charge is 2.43. The second kappa shape index (κ2) is 7.95. The summed E-state index contributed by atoms with van der Waals surface area (Å²) in [6.45, 7) is 5.99. The van der Waals surface area contributed by atoms with Crippen molar-refractivity contribution in [3.63, 3.8) is 0 Å². The Kier molecular flexibility index (Phi) is 5.40. The van der Waals surface area contributed by atoms with Gasteiger partial charge in [-0.15, -0.1) is 0 Å². The van der Waals surface area contributed by atoms with E-state index in [1.54, 1.807) is 7.11 Å². The third-order valence-electron chi connectivity index (χ3n) is 6.11. The fraction of sp³-hybridized carbons (Fsp3) is 0.545. The summed E-state index contributed by atoms with van der Waals surface area (Å²) in [7, 11) is 1.64. The van der Waals surface area contributed by atoms with E-state index in [1.807, 2.05) is 30.5 Å². The summed E-state index contributed by atoms with van der Waals surface area (Å²) >= 11 is 0. The Bertz CT molecular complexity index is 828. The lowest BCUT2D eigenvalue weighted by molar-refractivity contribution is -0.0240. The first-order valence-corrected chi connectivity index (χ1v) is 10.1. The second-order valence-corrected chi connectivity index (χ2v) is 7.92. The number of fused-ring (bicyclic) bond motifs is 1. The number of hydrogen-bond donors (Lipinski definition) is 1. The van der Waals surface area contributed by atoms with E-state index in [9.17, 15) is 5.11 Å². The molecular formula is C22H29N3O3. The zero-order chi connectivity index (χ0) is 19.7. The van der Waals surface area contributed by atoms with Crippen molar-refractivity contribution in [2.24, 2.45) is 11.8 Å². The van der Waals surface area contributed by atoms with Crippen molar-refractivity contribution in [1.82, 2.24) is 9.97 Å². The van der Waals surface area contributed by atoms with Crippen molar-refractivity contribution in [1.29, 1.82) is 0 Å². The fourth-order valence-electron chi connectivity index (χ4n) is 4.54. The van der Waals surface area contributed by atoms with Gasteiger partial charge in [-0.1, -0.05) is 19.1 Å². The summed E-state index contributed by atoms with van der Waals surface area (Å²) in [5, 5.41) is 10.7. The Morgan fingerprint density at radius 3 is 2.57 bits per heavy atom. The third kappa shape index (κ3) is 3.65. The molecule has 0 amide bonds. The molecule has 2 aliphatic rings. The van der Waals surface area contributed by atoms with Gasteiger partial charge in [0.25, 0.3) is 0 Å². The van der Waals surface area contributed by atoms with Crippen LogP contribution >= 0.6 is 0 Å². The van der Waals surface area contributed by atoms with E-state index in [0.717, 1.165) is 49.6 Å². The lowest BCUT2D eigenvalue weighted by atomic mass is 9.78. The number of benzene rings is 1. The predicted molar refractivity (Wildman–Crippen MR) is 108 cm³/mol. The number of methoxy groups -OCH3 is 1. The van der Waals surface area contributed by atoms with Gasteiger partial charge in [0.15, 0.2) is 11.5 Å². The minimum Gasteiger partial charge on any atom is -0.493 e. The minimum absolute atomic E-state index is 0.220. The molecule has 2 fully saturated rings. The maximum absolute atomic E-state index is 10.7. The number of nitrogens with zero attached hydrogens (tertiary/aromatic N) is 3. The predicted octanol–water partition coefficient (Wildman–Crippen LogP) is 3.01. The number of aryl methyl sites for hydroxylation is 2. The molecule has 0 unspecified atom stereocenters. The molecule has 6 nitrogen and oxygen atoms in total. The van der Waals surface area contributed by atoms with Crippen LogP contribution in [0.4, 0.5) is 5.95 Å². The van der Waals surface area contributed by atoms with Crippen molar-refractivity contribution in [3.8, 4) is 11.5 Å². The molecule has 6 heteroatoms. The van der Waals surface area contributed by atoms with Crippen LogP contribution in [-0.2, 0) is 6.42 Å². The fourth-order valence-corrected chi connectivity index (χ4v) is 4.54. The van der Waals surface area contributed by atoms with Gasteiger partial charge in [0.2, 0.25) is 5.95 Å². The lowest BCUT2D eigenvalue weighted by Crippen LogP contribution is -2.42. The van der Waals surface area contributed by atoms with E-state index in [1.165, 1.54) is 0 Å². The molecule has 1 saturated heterocycles. The van der Waals surface area contributed by atoms with Gasteiger partial charge in [0.05, 0.1) is 13.2 Å². The molecule has 1 aromatic carbocycles. The highest BCUT2D eigenvalue weighted by Crippen LogP contribution is 2.40. The summed E-state index contributed by atoms with van der Waals surface area (Å²) in [6.07, 6.45) is 3.71. The molecule has 2 heterocycles. The second-order valence-electron chi connectivity index (χ2n) is 7.92. The Labute approximate surface area is 166 Å². The van der Waals surface area contributed by atoms with Crippen molar-refractivity contribution < 1.29 is 14.6 Å². The summed E-state index contributed by atoms with van der Waals surface area (Å²) in [5.74, 6) is 3.12. The van der Waals surface area contributed by atoms with Crippen LogP contribution in [0.25, 0.3) is 0 Å². The lowest BCUT2D eigenvalue weighted by Gasteiger charge is -2.35. The van der Waals surface area contributed by atoms with E-state index >= 15 is 0 Å². The number of hydrogen-bond acceptors (Lipinski definition) is 6. The van der Waals surface area contributed by atoms with Crippen molar-refractivity contribution in [2.75, 3.05) is 25.1 Å². The maximum Gasteiger partial charge on any atom is 0.225 e. The monoisotopic (exact) mass is 383 g/mol. The molecule has 1 aliphatic carbocycles. The SMILES string of the molecule is CCc1nc(N2C[C@H]3C[C@@H](Oc4ccccc4OC)[C@H](O)C[C@H]3C2)ncc1C. The number of rotatable bonds is 5. The van der Waals surface area contributed by atoms with Gasteiger partial charge in [0.1, 0.15) is 6.10 Å². The quantitative estimate of drug-likeness (QED) is 0.856. The first-order valence-electron chi connectivity index (χ1n) is 10.1. The van der Waals surface area contributed by atoms with Crippen LogP contribution < -0.4 is 14.4 Å². The van der Waals surface area contributed by atoms with E-state index in [4.69, 9.17) is 14.5 Å². The third-order valence-corrected chi connectivity index (χ3v) is 6.11. The van der Waals surface area contributed by atoms with Gasteiger partial charge >= 0.3 is 0 Å². The van der Waals surface area contributed by atoms with Crippen LogP contribution in [0.5, 0.6) is 11.5 Å². The summed E-state index contributed by atoms with van der Waals surface area (Å²) in [5.41, 5.74) is 2.25. The number of para-hydroxylation sites is 2. The van der Waals surface area contributed by atoms with E-state index in [0.29, 0.717) is 23.3 Å². The normalized spacial score (nSPS) is 26.8. The van der Waals surface area contributed by atoms with Gasteiger partial charge in [-0.3, -0.25) is 0 Å². The molecule has 28 heavy (non-hydrogen) atoms. The first kappa shape index (κ1) is 19.0. The molecule has 2 aromatic rings. The average molecular weight is 383 g/mol. The summed E-state index contributed by atoms with van der Waals surface area (Å²) < 4.78 is 11.5. The highest BCUT2D eigenvalue weighted by atomic mass is 16.5. The molecule has 4 atom stereocenters. The molecule has 150 valence electrons. The zero-order valence-corrected chi connectivity index (χ0v) is 16.8. The van der Waals surface area contributed by atoms with Gasteiger partial charge in [0, 0.05) is 25.0 Å². The largest absolute Gasteiger partial charge is 0.493 e. The van der Waals surface area contributed by atoms with Gasteiger partial charge < -0.3 is 19.5 Å². The molecule has 0 radical (unpaired) electrons. The van der Waals surface area contributed by atoms with Gasteiger partial charge in [-0.2, -0.15) is 0 Å². The van der Waals surface area contributed by atoms with Crippen LogP contribution in [0.1, 0.15) is 31.0 Å². The van der Waals surface area contributed by atoms with Crippen LogP contribution in [0, 0.1) is 18.8 Å². The smallest absolute Gasteiger partial charge is 0.225 e. The number of aliphatic hydroxyl groups is 1. The van der Waals surface area contributed by atoms with E-state index < -0.39 is 6.10 Å². The Morgan fingerprint density at radius 2 is 1.86 bits per heavy atom. The molecule has 4 rings (SSSR count). The molecule has 1 N–H and O–H groups in total. The Balaban J connectivity index is 1.46. The summed E-state index contributed by atoms with van der Waals surface area (Å²) in [6, 6.07) is 7.61. The highest BCUT2D eigenvalue weighted by molar-refractivity contribution is 5.40. The number of aromatic nitrogens is 2. The number of ether oxygens (including phenoxy) is 2. The molecule has 0 bridgehead atoms. The molecule has 0 spiro atoms. The standard InChI is InChI=1S/C22H29N3O3/c1-4-17-14(2)11-23-22(24-17)25-12-15-9-18(26)21(10-16(15)13-25)28-20-8-6-5-7-19(20)27-3/h5-8,11,15-16,18,21,26H,4,9-10,12-13H2,1-3H3/t15-,16+,18+,21+/m0/s1. The van der Waals surface area contributed by atoms with Crippen LogP contribution in [0.3, 0.4) is 0 Å². The van der Waals surface area contributed by atoms with Crippen molar-refractivity contribution >= 4 is 5.95 Å². The molecule has 1 aromatic heterocycles. The van der Waals surface area contributed by atoms with Crippen LogP contribution in [0.15, 0.2) is 30.5 Å². The van der Waals surface area contributed by atoms with E-state index in [-0.39, 0.29) is 6.10 Å². The van der Waals surface area contributed by atoms with Gasteiger partial charge in [-0.25, -0.2) is 9.97 Å². The Hall–Kier alpha value is -2.34. The summed E-state index contributed by atoms with van der Waals surface area (Å²) in [4.78, 5) is 11.6. The maximum atomic E-state index is 10.7. The van der Waals surface area contributed by atoms with Crippen molar-refractivity contribution in [3.05, 3.63) is 41.7 Å². The average Bonchev–Trinajstić information content (AvgIpc) is 3.11. The van der Waals surface area contributed by atoms with Crippen LogP contribution in [-0.4, -0.2) is 47.5 Å². The van der Waals surface area contributed by atoms with Crippen LogP contribution in [0.2, 0.25) is 0 Å².